The van der Waals surface area contributed by atoms with Gasteiger partial charge in [-0.3, -0.25) is 4.90 Å². The van der Waals surface area contributed by atoms with E-state index in [1.54, 1.807) is 19.1 Å². The molecule has 3 fully saturated rings. The van der Waals surface area contributed by atoms with Crippen molar-refractivity contribution in [2.75, 3.05) is 49.1 Å². The molecule has 9 heteroatoms. The minimum atomic E-state index is -0.464. The predicted molar refractivity (Wildman–Crippen MR) is 124 cm³/mol. The molecule has 1 aromatic carbocycles. The van der Waals surface area contributed by atoms with Crippen LogP contribution in [-0.4, -0.2) is 66.3 Å². The first-order valence-electron chi connectivity index (χ1n) is 10.5. The molecule has 6 nitrogen and oxygen atoms in total. The highest BCUT2D eigenvalue weighted by Gasteiger charge is 2.33. The van der Waals surface area contributed by atoms with Gasteiger partial charge in [-0.1, -0.05) is 30.9 Å². The van der Waals surface area contributed by atoms with Crippen LogP contribution in [0.2, 0.25) is 0 Å². The highest BCUT2D eigenvalue weighted by molar-refractivity contribution is 7.80. The average Bonchev–Trinajstić information content (AvgIpc) is 3.06. The van der Waals surface area contributed by atoms with Crippen molar-refractivity contribution in [3.05, 3.63) is 24.0 Å². The second kappa shape index (κ2) is 9.01. The number of hydrogen-bond acceptors (Lipinski definition) is 5. The minimum absolute atomic E-state index is 0.314. The summed E-state index contributed by atoms with van der Waals surface area (Å²) in [5.41, 5.74) is 1.07. The van der Waals surface area contributed by atoms with E-state index in [0.29, 0.717) is 35.4 Å². The molecular weight excluding hydrogens is 423 g/mol. The topological polar surface area (TPSA) is 48.0 Å². The fourth-order valence-electron chi connectivity index (χ4n) is 4.10. The van der Waals surface area contributed by atoms with Crippen LogP contribution < -0.4 is 15.1 Å². The van der Waals surface area contributed by atoms with Crippen LogP contribution in [-0.2, 0) is 4.74 Å². The summed E-state index contributed by atoms with van der Waals surface area (Å²) in [6.07, 6.45) is 2.91. The average molecular weight is 451 g/mol. The van der Waals surface area contributed by atoms with Crippen LogP contribution in [0.15, 0.2) is 18.2 Å². The number of halogens is 1. The molecule has 162 valence electrons. The molecule has 1 aliphatic carbocycles. The van der Waals surface area contributed by atoms with Crippen molar-refractivity contribution in [1.82, 2.24) is 10.2 Å². The number of nitrogens with zero attached hydrogens (tertiary/aromatic N) is 3. The number of thiocarbonyl (C=S) groups is 2. The molecule has 1 N–H and O–H groups in total. The van der Waals surface area contributed by atoms with Gasteiger partial charge in [0.25, 0.3) is 0 Å². The second-order valence-corrected chi connectivity index (χ2v) is 9.16. The lowest BCUT2D eigenvalue weighted by molar-refractivity contribution is 0.143. The van der Waals surface area contributed by atoms with E-state index in [2.05, 4.69) is 15.1 Å². The largest absolute Gasteiger partial charge is 0.442 e. The number of hydrogen-bond donors (Lipinski definition) is 1. The Bertz CT molecular complexity index is 840. The normalized spacial score (nSPS) is 22.0. The summed E-state index contributed by atoms with van der Waals surface area (Å²) >= 11 is 10.6. The number of carbonyl (C=O) groups excluding carboxylic acids is 1. The van der Waals surface area contributed by atoms with Gasteiger partial charge in [0.15, 0.2) is 0 Å². The standard InChI is InChI=1S/C21H27FN4O2S2/c1-14(29)23-12-17-13-26(21(27)28-17)16-5-6-19(18(22)11-16)24-7-9-25(10-8-24)20(30)15-3-2-4-15/h5-6,11,15,17H,2-4,7-10,12-13H2,1H3,(H,23,29)/t17-/m0/s1. The Morgan fingerprint density at radius 2 is 1.97 bits per heavy atom. The zero-order valence-electron chi connectivity index (χ0n) is 17.1. The van der Waals surface area contributed by atoms with Crippen molar-refractivity contribution in [1.29, 1.82) is 0 Å². The Kier molecular flexibility index (Phi) is 6.38. The molecule has 0 spiro atoms. The molecule has 1 aromatic rings. The molecule has 2 heterocycles. The molecule has 2 saturated heterocycles. The predicted octanol–water partition coefficient (Wildman–Crippen LogP) is 3.34. The summed E-state index contributed by atoms with van der Waals surface area (Å²) in [6.45, 7) is 5.71. The van der Waals surface area contributed by atoms with Gasteiger partial charge < -0.3 is 19.9 Å². The van der Waals surface area contributed by atoms with E-state index in [-0.39, 0.29) is 11.9 Å². The van der Waals surface area contributed by atoms with Gasteiger partial charge in [-0.15, -0.1) is 0 Å². The van der Waals surface area contributed by atoms with Crippen LogP contribution in [0.1, 0.15) is 26.2 Å². The van der Waals surface area contributed by atoms with Crippen LogP contribution in [0.3, 0.4) is 0 Å². The monoisotopic (exact) mass is 450 g/mol. The molecule has 0 unspecified atom stereocenters. The number of ether oxygens (including phenoxy) is 1. The third-order valence-corrected chi connectivity index (χ3v) is 6.82. The molecule has 1 amide bonds. The zero-order valence-corrected chi connectivity index (χ0v) is 18.7. The summed E-state index contributed by atoms with van der Waals surface area (Å²) in [6, 6.07) is 4.96. The molecule has 30 heavy (non-hydrogen) atoms. The number of rotatable bonds is 5. The number of nitrogens with one attached hydrogen (secondary N) is 1. The maximum Gasteiger partial charge on any atom is 0.414 e. The van der Waals surface area contributed by atoms with Crippen molar-refractivity contribution in [3.8, 4) is 0 Å². The second-order valence-electron chi connectivity index (χ2n) is 8.13. The van der Waals surface area contributed by atoms with Crippen molar-refractivity contribution in [2.45, 2.75) is 32.3 Å². The first kappa shape index (κ1) is 21.2. The van der Waals surface area contributed by atoms with Crippen molar-refractivity contribution in [2.24, 2.45) is 5.92 Å². The molecule has 1 atom stereocenters. The van der Waals surface area contributed by atoms with E-state index in [4.69, 9.17) is 29.2 Å². The van der Waals surface area contributed by atoms with Crippen LogP contribution in [0.5, 0.6) is 0 Å². The number of benzene rings is 1. The van der Waals surface area contributed by atoms with Crippen LogP contribution in [0.4, 0.5) is 20.6 Å². The van der Waals surface area contributed by atoms with Gasteiger partial charge in [-0.25, -0.2) is 9.18 Å². The summed E-state index contributed by atoms with van der Waals surface area (Å²) in [5.74, 6) is 0.237. The van der Waals surface area contributed by atoms with Gasteiger partial charge in [0.1, 0.15) is 11.9 Å². The highest BCUT2D eigenvalue weighted by atomic mass is 32.1. The highest BCUT2D eigenvalue weighted by Crippen LogP contribution is 2.31. The number of cyclic esters (lactones) is 1. The van der Waals surface area contributed by atoms with Gasteiger partial charge in [0.2, 0.25) is 0 Å². The first-order chi connectivity index (χ1) is 14.4. The Morgan fingerprint density at radius 1 is 1.23 bits per heavy atom. The molecule has 3 aliphatic rings. The van der Waals surface area contributed by atoms with Crippen LogP contribution in [0.25, 0.3) is 0 Å². The Morgan fingerprint density at radius 3 is 2.57 bits per heavy atom. The summed E-state index contributed by atoms with van der Waals surface area (Å²) in [7, 11) is 0. The number of amides is 1. The Balaban J connectivity index is 1.36. The van der Waals surface area contributed by atoms with Crippen molar-refractivity contribution in [3.63, 3.8) is 0 Å². The maximum atomic E-state index is 14.9. The number of anilines is 2. The van der Waals surface area contributed by atoms with Crippen molar-refractivity contribution < 1.29 is 13.9 Å². The molecule has 0 radical (unpaired) electrons. The molecule has 4 rings (SSSR count). The molecule has 2 aliphatic heterocycles. The van der Waals surface area contributed by atoms with E-state index in [1.807, 2.05) is 0 Å². The smallest absolute Gasteiger partial charge is 0.414 e. The minimum Gasteiger partial charge on any atom is -0.442 e. The zero-order chi connectivity index (χ0) is 21.3. The lowest BCUT2D eigenvalue weighted by Gasteiger charge is -2.41. The third-order valence-electron chi connectivity index (χ3n) is 6.08. The molecule has 1 saturated carbocycles. The SMILES string of the molecule is CC(=S)NC[C@H]1CN(c2ccc(N3CCN(C(=S)C4CCC4)CC3)c(F)c2)C(=O)O1. The van der Waals surface area contributed by atoms with Gasteiger partial charge >= 0.3 is 6.09 Å². The molecule has 0 aromatic heterocycles. The van der Waals surface area contributed by atoms with E-state index in [9.17, 15) is 9.18 Å². The lowest BCUT2D eigenvalue weighted by atomic mass is 9.85. The summed E-state index contributed by atoms with van der Waals surface area (Å²) in [5, 5.41) is 3.00. The Hall–Kier alpha value is -2.00. The van der Waals surface area contributed by atoms with E-state index in [1.165, 1.54) is 30.2 Å². The van der Waals surface area contributed by atoms with Gasteiger partial charge in [0.05, 0.1) is 34.4 Å². The van der Waals surface area contributed by atoms with E-state index in [0.717, 1.165) is 31.2 Å². The van der Waals surface area contributed by atoms with Gasteiger partial charge in [0, 0.05) is 32.1 Å². The molecule has 0 bridgehead atoms. The van der Waals surface area contributed by atoms with Crippen molar-refractivity contribution >= 4 is 51.9 Å². The van der Waals surface area contributed by atoms with Crippen LogP contribution >= 0.6 is 24.4 Å². The summed E-state index contributed by atoms with van der Waals surface area (Å²) < 4.78 is 20.3. The lowest BCUT2D eigenvalue weighted by Crippen LogP contribution is -2.50. The van der Waals surface area contributed by atoms with Gasteiger partial charge in [-0.2, -0.15) is 0 Å². The fourth-order valence-corrected chi connectivity index (χ4v) is 4.60. The van der Waals surface area contributed by atoms with E-state index >= 15 is 0 Å². The first-order valence-corrected chi connectivity index (χ1v) is 11.3. The number of piperazine rings is 1. The van der Waals surface area contributed by atoms with Crippen LogP contribution in [0, 0.1) is 11.7 Å². The quantitative estimate of drug-likeness (QED) is 0.691. The Labute approximate surface area is 187 Å². The number of carbonyl (C=O) groups is 1. The maximum absolute atomic E-state index is 14.9. The fraction of sp³-hybridized carbons (Fsp3) is 0.571. The van der Waals surface area contributed by atoms with E-state index < -0.39 is 6.09 Å². The summed E-state index contributed by atoms with van der Waals surface area (Å²) in [4.78, 5) is 19.7. The third kappa shape index (κ3) is 4.51. The van der Waals surface area contributed by atoms with Gasteiger partial charge in [-0.05, 0) is 38.0 Å². The molecular formula is C21H27FN4O2S2.